The highest BCUT2D eigenvalue weighted by Gasteiger charge is 2.10. The van der Waals surface area contributed by atoms with Crippen LogP contribution < -0.4 is 5.32 Å². The molecule has 2 aromatic rings. The monoisotopic (exact) mass is 293 g/mol. The minimum atomic E-state index is -0.162. The molecule has 0 aliphatic heterocycles. The Bertz CT molecular complexity index is 525. The Hall–Kier alpha value is -1.26. The van der Waals surface area contributed by atoms with Gasteiger partial charge in [-0.25, -0.2) is 4.39 Å². The molecule has 0 saturated heterocycles. The summed E-state index contributed by atoms with van der Waals surface area (Å²) in [5.74, 6) is 1.93. The van der Waals surface area contributed by atoms with Gasteiger partial charge in [0.05, 0.1) is 12.0 Å². The third-order valence-corrected chi connectivity index (χ3v) is 4.03. The second-order valence-electron chi connectivity index (χ2n) is 5.12. The first kappa shape index (κ1) is 15.1. The van der Waals surface area contributed by atoms with Gasteiger partial charge in [-0.15, -0.1) is 11.8 Å². The van der Waals surface area contributed by atoms with Gasteiger partial charge < -0.3 is 9.73 Å². The van der Waals surface area contributed by atoms with Gasteiger partial charge >= 0.3 is 0 Å². The van der Waals surface area contributed by atoms with Crippen LogP contribution in [0.2, 0.25) is 0 Å². The van der Waals surface area contributed by atoms with Crippen LogP contribution in [0.3, 0.4) is 0 Å². The SMILES string of the molecule is CC(C)CNCc1cccc(F)c1SCc1ccco1. The smallest absolute Gasteiger partial charge is 0.137 e. The molecule has 0 amide bonds. The molecule has 0 spiro atoms. The normalized spacial score (nSPS) is 11.2. The molecule has 0 atom stereocenters. The standard InChI is InChI=1S/C16H20FNOS/c1-12(2)9-18-10-13-5-3-7-15(17)16(13)20-11-14-6-4-8-19-14/h3-8,12,18H,9-11H2,1-2H3. The molecule has 2 rings (SSSR count). The molecule has 4 heteroatoms. The molecule has 1 heterocycles. The van der Waals surface area contributed by atoms with Crippen LogP contribution >= 0.6 is 11.8 Å². The van der Waals surface area contributed by atoms with E-state index in [0.717, 1.165) is 17.9 Å². The third kappa shape index (κ3) is 4.39. The van der Waals surface area contributed by atoms with Crippen molar-refractivity contribution in [1.82, 2.24) is 5.32 Å². The van der Waals surface area contributed by atoms with Crippen molar-refractivity contribution < 1.29 is 8.81 Å². The number of furan rings is 1. The van der Waals surface area contributed by atoms with Crippen LogP contribution in [0, 0.1) is 11.7 Å². The summed E-state index contributed by atoms with van der Waals surface area (Å²) in [6, 6.07) is 9.00. The van der Waals surface area contributed by atoms with E-state index in [1.54, 1.807) is 12.3 Å². The van der Waals surface area contributed by atoms with Gasteiger partial charge in [-0.05, 0) is 36.2 Å². The molecule has 0 fully saturated rings. The first-order chi connectivity index (χ1) is 9.66. The molecule has 0 saturated carbocycles. The lowest BCUT2D eigenvalue weighted by Crippen LogP contribution is -2.19. The van der Waals surface area contributed by atoms with Crippen molar-refractivity contribution in [3.63, 3.8) is 0 Å². The second kappa shape index (κ2) is 7.50. The fourth-order valence-corrected chi connectivity index (χ4v) is 2.87. The van der Waals surface area contributed by atoms with E-state index >= 15 is 0 Å². The molecule has 108 valence electrons. The molecular formula is C16H20FNOS. The van der Waals surface area contributed by atoms with Crippen molar-refractivity contribution in [2.75, 3.05) is 6.54 Å². The molecule has 0 aliphatic rings. The van der Waals surface area contributed by atoms with Crippen LogP contribution in [0.1, 0.15) is 25.2 Å². The Balaban J connectivity index is 2.01. The summed E-state index contributed by atoms with van der Waals surface area (Å²) in [5, 5.41) is 3.36. The molecule has 2 nitrogen and oxygen atoms in total. The van der Waals surface area contributed by atoms with Crippen LogP contribution in [0.25, 0.3) is 0 Å². The molecule has 20 heavy (non-hydrogen) atoms. The number of rotatable bonds is 7. The molecule has 0 bridgehead atoms. The molecule has 1 aromatic carbocycles. The topological polar surface area (TPSA) is 25.2 Å². The Morgan fingerprint density at radius 3 is 2.80 bits per heavy atom. The predicted octanol–water partition coefficient (Wildman–Crippen LogP) is 4.46. The van der Waals surface area contributed by atoms with Crippen LogP contribution in [0.4, 0.5) is 4.39 Å². The summed E-state index contributed by atoms with van der Waals surface area (Å²) < 4.78 is 19.3. The van der Waals surface area contributed by atoms with E-state index in [9.17, 15) is 4.39 Å². The second-order valence-corrected chi connectivity index (χ2v) is 6.11. The average Bonchev–Trinajstić information content (AvgIpc) is 2.90. The van der Waals surface area contributed by atoms with E-state index < -0.39 is 0 Å². The highest BCUT2D eigenvalue weighted by atomic mass is 32.2. The van der Waals surface area contributed by atoms with Crippen LogP contribution in [0.15, 0.2) is 45.9 Å². The molecular weight excluding hydrogens is 273 g/mol. The quantitative estimate of drug-likeness (QED) is 0.763. The van der Waals surface area contributed by atoms with Crippen LogP contribution in [-0.4, -0.2) is 6.54 Å². The summed E-state index contributed by atoms with van der Waals surface area (Å²) in [5.41, 5.74) is 1.00. The molecule has 1 aromatic heterocycles. The van der Waals surface area contributed by atoms with E-state index in [4.69, 9.17) is 4.42 Å². The van der Waals surface area contributed by atoms with Gasteiger partial charge in [-0.2, -0.15) is 0 Å². The summed E-state index contributed by atoms with van der Waals surface area (Å²) in [4.78, 5) is 0.708. The summed E-state index contributed by atoms with van der Waals surface area (Å²) in [6.07, 6.45) is 1.64. The maximum absolute atomic E-state index is 14.0. The van der Waals surface area contributed by atoms with Gasteiger partial charge in [-0.3, -0.25) is 0 Å². The Labute approximate surface area is 123 Å². The van der Waals surface area contributed by atoms with Crippen molar-refractivity contribution >= 4 is 11.8 Å². The van der Waals surface area contributed by atoms with Gasteiger partial charge in [0.15, 0.2) is 0 Å². The number of halogens is 1. The highest BCUT2D eigenvalue weighted by Crippen LogP contribution is 2.29. The maximum Gasteiger partial charge on any atom is 0.137 e. The van der Waals surface area contributed by atoms with Crippen LogP contribution in [-0.2, 0) is 12.3 Å². The zero-order valence-electron chi connectivity index (χ0n) is 11.9. The molecule has 0 unspecified atom stereocenters. The fourth-order valence-electron chi connectivity index (χ4n) is 1.89. The Morgan fingerprint density at radius 2 is 2.10 bits per heavy atom. The predicted molar refractivity (Wildman–Crippen MR) is 81.2 cm³/mol. The summed E-state index contributed by atoms with van der Waals surface area (Å²) in [7, 11) is 0. The minimum absolute atomic E-state index is 0.162. The zero-order chi connectivity index (χ0) is 14.4. The maximum atomic E-state index is 14.0. The average molecular weight is 293 g/mol. The Morgan fingerprint density at radius 1 is 1.25 bits per heavy atom. The summed E-state index contributed by atoms with van der Waals surface area (Å²) in [6.45, 7) is 5.94. The van der Waals surface area contributed by atoms with Gasteiger partial charge in [-0.1, -0.05) is 26.0 Å². The third-order valence-electron chi connectivity index (χ3n) is 2.86. The van der Waals surface area contributed by atoms with E-state index in [2.05, 4.69) is 19.2 Å². The van der Waals surface area contributed by atoms with Crippen molar-refractivity contribution in [2.45, 2.75) is 31.0 Å². The lowest BCUT2D eigenvalue weighted by molar-refractivity contribution is 0.529. The number of hydrogen-bond acceptors (Lipinski definition) is 3. The van der Waals surface area contributed by atoms with E-state index in [1.807, 2.05) is 18.2 Å². The largest absolute Gasteiger partial charge is 0.468 e. The summed E-state index contributed by atoms with van der Waals surface area (Å²) >= 11 is 1.48. The molecule has 0 radical (unpaired) electrons. The van der Waals surface area contributed by atoms with Crippen molar-refractivity contribution in [3.05, 3.63) is 53.7 Å². The fraction of sp³-hybridized carbons (Fsp3) is 0.375. The van der Waals surface area contributed by atoms with Gasteiger partial charge in [0.2, 0.25) is 0 Å². The first-order valence-electron chi connectivity index (χ1n) is 6.80. The van der Waals surface area contributed by atoms with Crippen molar-refractivity contribution in [2.24, 2.45) is 5.92 Å². The number of thioether (sulfide) groups is 1. The van der Waals surface area contributed by atoms with Gasteiger partial charge in [0.25, 0.3) is 0 Å². The van der Waals surface area contributed by atoms with E-state index in [-0.39, 0.29) is 5.82 Å². The number of nitrogens with one attached hydrogen (secondary N) is 1. The lowest BCUT2D eigenvalue weighted by Gasteiger charge is -2.12. The first-order valence-corrected chi connectivity index (χ1v) is 7.78. The minimum Gasteiger partial charge on any atom is -0.468 e. The van der Waals surface area contributed by atoms with E-state index in [0.29, 0.717) is 23.1 Å². The van der Waals surface area contributed by atoms with Gasteiger partial charge in [0, 0.05) is 11.4 Å². The molecule has 1 N–H and O–H groups in total. The van der Waals surface area contributed by atoms with Crippen LogP contribution in [0.5, 0.6) is 0 Å². The van der Waals surface area contributed by atoms with Crippen molar-refractivity contribution in [1.29, 1.82) is 0 Å². The lowest BCUT2D eigenvalue weighted by atomic mass is 10.2. The molecule has 0 aliphatic carbocycles. The zero-order valence-corrected chi connectivity index (χ0v) is 12.7. The van der Waals surface area contributed by atoms with Crippen molar-refractivity contribution in [3.8, 4) is 0 Å². The van der Waals surface area contributed by atoms with E-state index in [1.165, 1.54) is 17.8 Å². The van der Waals surface area contributed by atoms with Gasteiger partial charge in [0.1, 0.15) is 11.6 Å². The number of hydrogen-bond donors (Lipinski definition) is 1. The number of benzene rings is 1. The Kier molecular flexibility index (Phi) is 5.68. The highest BCUT2D eigenvalue weighted by molar-refractivity contribution is 7.98.